The number of thioether (sulfide) groups is 1. The van der Waals surface area contributed by atoms with Gasteiger partial charge in [-0.15, -0.1) is 11.8 Å². The number of benzene rings is 1. The van der Waals surface area contributed by atoms with Crippen molar-refractivity contribution in [3.63, 3.8) is 0 Å². The Bertz CT molecular complexity index is 367. The molecule has 0 heterocycles. The van der Waals surface area contributed by atoms with Crippen LogP contribution in [0.2, 0.25) is 0 Å². The first-order chi connectivity index (χ1) is 7.34. The van der Waals surface area contributed by atoms with Crippen molar-refractivity contribution in [2.75, 3.05) is 6.54 Å². The van der Waals surface area contributed by atoms with Crippen LogP contribution in [0, 0.1) is 0 Å². The van der Waals surface area contributed by atoms with Crippen LogP contribution in [0.3, 0.4) is 0 Å². The molecule has 3 rings (SSSR count). The van der Waals surface area contributed by atoms with Crippen molar-refractivity contribution < 1.29 is 0 Å². The van der Waals surface area contributed by atoms with Crippen molar-refractivity contribution in [2.45, 2.75) is 41.2 Å². The van der Waals surface area contributed by atoms with Crippen LogP contribution in [0.15, 0.2) is 29.2 Å². The Morgan fingerprint density at radius 2 is 2.00 bits per heavy atom. The van der Waals surface area contributed by atoms with E-state index in [0.29, 0.717) is 5.41 Å². The first-order valence-corrected chi connectivity index (χ1v) is 6.68. The van der Waals surface area contributed by atoms with E-state index in [1.165, 1.54) is 36.1 Å². The van der Waals surface area contributed by atoms with Crippen molar-refractivity contribution in [1.29, 1.82) is 0 Å². The molecule has 1 aromatic rings. The van der Waals surface area contributed by atoms with Crippen LogP contribution in [0.4, 0.5) is 0 Å². The molecule has 2 aliphatic carbocycles. The Morgan fingerprint density at radius 1 is 1.27 bits per heavy atom. The third-order valence-electron chi connectivity index (χ3n) is 3.52. The standard InChI is InChI=1S/C13H17NS/c14-9-13(7-8-13)11-3-1-2-4-12(11)15-10-5-6-10/h1-4,10H,5-9,14H2. The van der Waals surface area contributed by atoms with E-state index in [1.807, 2.05) is 0 Å². The summed E-state index contributed by atoms with van der Waals surface area (Å²) in [4.78, 5) is 1.49. The quantitative estimate of drug-likeness (QED) is 0.842. The van der Waals surface area contributed by atoms with Gasteiger partial charge in [-0.25, -0.2) is 0 Å². The van der Waals surface area contributed by atoms with E-state index in [4.69, 9.17) is 5.73 Å². The second-order valence-corrected chi connectivity index (χ2v) is 6.14. The summed E-state index contributed by atoms with van der Waals surface area (Å²) in [5.41, 5.74) is 7.77. The maximum atomic E-state index is 5.91. The van der Waals surface area contributed by atoms with Crippen LogP contribution in [-0.2, 0) is 5.41 Å². The van der Waals surface area contributed by atoms with E-state index >= 15 is 0 Å². The number of hydrogen-bond acceptors (Lipinski definition) is 2. The van der Waals surface area contributed by atoms with Gasteiger partial charge < -0.3 is 5.73 Å². The van der Waals surface area contributed by atoms with Gasteiger partial charge in [0, 0.05) is 22.1 Å². The lowest BCUT2D eigenvalue weighted by atomic mass is 9.96. The third-order valence-corrected chi connectivity index (χ3v) is 4.94. The number of rotatable bonds is 4. The highest BCUT2D eigenvalue weighted by Crippen LogP contribution is 2.52. The third kappa shape index (κ3) is 1.81. The zero-order chi connectivity index (χ0) is 10.3. The molecule has 0 radical (unpaired) electrons. The normalized spacial score (nSPS) is 22.7. The smallest absolute Gasteiger partial charge is 0.0113 e. The van der Waals surface area contributed by atoms with Crippen LogP contribution in [0.1, 0.15) is 31.2 Å². The topological polar surface area (TPSA) is 26.0 Å². The van der Waals surface area contributed by atoms with E-state index in [1.54, 1.807) is 0 Å². The molecule has 0 atom stereocenters. The molecule has 2 saturated carbocycles. The summed E-state index contributed by atoms with van der Waals surface area (Å²) in [6.45, 7) is 0.815. The fraction of sp³-hybridized carbons (Fsp3) is 0.538. The Balaban J connectivity index is 1.91. The maximum Gasteiger partial charge on any atom is 0.0113 e. The second kappa shape index (κ2) is 3.53. The van der Waals surface area contributed by atoms with E-state index in [9.17, 15) is 0 Å². The van der Waals surface area contributed by atoms with E-state index in [2.05, 4.69) is 36.0 Å². The molecule has 0 aromatic heterocycles. The minimum absolute atomic E-state index is 0.346. The highest BCUT2D eigenvalue weighted by molar-refractivity contribution is 8.00. The minimum atomic E-state index is 0.346. The molecule has 1 aromatic carbocycles. The molecule has 0 bridgehead atoms. The van der Waals surface area contributed by atoms with Crippen molar-refractivity contribution in [1.82, 2.24) is 0 Å². The summed E-state index contributed by atoms with van der Waals surface area (Å²) < 4.78 is 0. The number of hydrogen-bond donors (Lipinski definition) is 1. The predicted octanol–water partition coefficient (Wildman–Crippen LogP) is 2.93. The fourth-order valence-electron chi connectivity index (χ4n) is 2.11. The van der Waals surface area contributed by atoms with Crippen molar-refractivity contribution in [3.8, 4) is 0 Å². The van der Waals surface area contributed by atoms with E-state index < -0.39 is 0 Å². The van der Waals surface area contributed by atoms with Gasteiger partial charge >= 0.3 is 0 Å². The van der Waals surface area contributed by atoms with Gasteiger partial charge in [0.05, 0.1) is 0 Å². The van der Waals surface area contributed by atoms with Gasteiger partial charge in [0.25, 0.3) is 0 Å². The van der Waals surface area contributed by atoms with Gasteiger partial charge in [-0.1, -0.05) is 18.2 Å². The zero-order valence-corrected chi connectivity index (χ0v) is 9.72. The molecular weight excluding hydrogens is 202 g/mol. The predicted molar refractivity (Wildman–Crippen MR) is 65.3 cm³/mol. The summed E-state index contributed by atoms with van der Waals surface area (Å²) in [6.07, 6.45) is 5.36. The molecule has 80 valence electrons. The summed E-state index contributed by atoms with van der Waals surface area (Å²) in [5, 5.41) is 0.889. The molecule has 2 aliphatic rings. The molecular formula is C13H17NS. The van der Waals surface area contributed by atoms with Gasteiger partial charge in [-0.2, -0.15) is 0 Å². The first kappa shape index (κ1) is 9.73. The summed E-state index contributed by atoms with van der Waals surface area (Å²) in [5.74, 6) is 0. The molecule has 0 aliphatic heterocycles. The lowest BCUT2D eigenvalue weighted by Crippen LogP contribution is -2.20. The molecule has 1 nitrogen and oxygen atoms in total. The molecule has 0 spiro atoms. The zero-order valence-electron chi connectivity index (χ0n) is 8.91. The Hall–Kier alpha value is -0.470. The average molecular weight is 219 g/mol. The van der Waals surface area contributed by atoms with Gasteiger partial charge in [0.15, 0.2) is 0 Å². The molecule has 0 saturated heterocycles. The maximum absolute atomic E-state index is 5.91. The molecule has 0 amide bonds. The van der Waals surface area contributed by atoms with Crippen molar-refractivity contribution >= 4 is 11.8 Å². The highest BCUT2D eigenvalue weighted by Gasteiger charge is 2.44. The van der Waals surface area contributed by atoms with Gasteiger partial charge in [0.2, 0.25) is 0 Å². The summed E-state index contributed by atoms with van der Waals surface area (Å²) in [6, 6.07) is 8.86. The molecule has 2 fully saturated rings. The largest absolute Gasteiger partial charge is 0.330 e. The molecule has 0 unspecified atom stereocenters. The first-order valence-electron chi connectivity index (χ1n) is 5.80. The summed E-state index contributed by atoms with van der Waals surface area (Å²) in [7, 11) is 0. The number of nitrogens with two attached hydrogens (primary N) is 1. The van der Waals surface area contributed by atoms with Crippen LogP contribution in [0.25, 0.3) is 0 Å². The monoisotopic (exact) mass is 219 g/mol. The lowest BCUT2D eigenvalue weighted by molar-refractivity contribution is 0.690. The van der Waals surface area contributed by atoms with Gasteiger partial charge in [-0.05, 0) is 37.3 Å². The Kier molecular flexibility index (Phi) is 2.29. The second-order valence-electron chi connectivity index (χ2n) is 4.80. The molecule has 2 N–H and O–H groups in total. The van der Waals surface area contributed by atoms with Crippen molar-refractivity contribution in [2.24, 2.45) is 5.73 Å². The van der Waals surface area contributed by atoms with Crippen LogP contribution < -0.4 is 5.73 Å². The average Bonchev–Trinajstić information content (AvgIpc) is 3.14. The molecule has 2 heteroatoms. The van der Waals surface area contributed by atoms with Crippen molar-refractivity contribution in [3.05, 3.63) is 29.8 Å². The summed E-state index contributed by atoms with van der Waals surface area (Å²) >= 11 is 2.06. The van der Waals surface area contributed by atoms with E-state index in [0.717, 1.165) is 11.8 Å². The Morgan fingerprint density at radius 3 is 2.60 bits per heavy atom. The van der Waals surface area contributed by atoms with Crippen LogP contribution in [0.5, 0.6) is 0 Å². The SMILES string of the molecule is NCC1(c2ccccc2SC2CC2)CC1. The lowest BCUT2D eigenvalue weighted by Gasteiger charge is -2.17. The highest BCUT2D eigenvalue weighted by atomic mass is 32.2. The van der Waals surface area contributed by atoms with Gasteiger partial charge in [-0.3, -0.25) is 0 Å². The Labute approximate surface area is 95.4 Å². The van der Waals surface area contributed by atoms with Gasteiger partial charge in [0.1, 0.15) is 0 Å². The minimum Gasteiger partial charge on any atom is -0.330 e. The van der Waals surface area contributed by atoms with Crippen LogP contribution in [-0.4, -0.2) is 11.8 Å². The fourth-order valence-corrected chi connectivity index (χ4v) is 3.41. The van der Waals surface area contributed by atoms with E-state index in [-0.39, 0.29) is 0 Å². The van der Waals surface area contributed by atoms with Crippen LogP contribution >= 0.6 is 11.8 Å². The molecule has 15 heavy (non-hydrogen) atoms.